The monoisotopic (exact) mass is 415 g/mol. The lowest BCUT2D eigenvalue weighted by Crippen LogP contribution is -2.45. The van der Waals surface area contributed by atoms with Crippen molar-refractivity contribution in [3.63, 3.8) is 0 Å². The molecular formula is C23H33N3O4. The van der Waals surface area contributed by atoms with E-state index in [1.807, 2.05) is 9.80 Å². The zero-order chi connectivity index (χ0) is 21.7. The van der Waals surface area contributed by atoms with Crippen LogP contribution in [0.25, 0.3) is 0 Å². The van der Waals surface area contributed by atoms with Crippen LogP contribution in [-0.4, -0.2) is 59.5 Å². The molecule has 0 unspecified atom stereocenters. The minimum Gasteiger partial charge on any atom is -0.444 e. The van der Waals surface area contributed by atoms with Crippen LogP contribution in [0.5, 0.6) is 0 Å². The number of piperidine rings is 2. The molecule has 1 N–H and O–H groups in total. The molecule has 164 valence electrons. The van der Waals surface area contributed by atoms with Crippen molar-refractivity contribution in [1.82, 2.24) is 9.80 Å². The van der Waals surface area contributed by atoms with E-state index in [1.54, 1.807) is 45.0 Å². The molecule has 2 heterocycles. The fourth-order valence-corrected chi connectivity index (χ4v) is 4.00. The number of amides is 3. The van der Waals surface area contributed by atoms with Gasteiger partial charge in [0, 0.05) is 43.3 Å². The number of hydrogen-bond acceptors (Lipinski definition) is 4. The molecule has 1 aromatic rings. The number of anilines is 1. The van der Waals surface area contributed by atoms with Crippen LogP contribution in [0.3, 0.4) is 0 Å². The molecule has 2 aliphatic rings. The van der Waals surface area contributed by atoms with E-state index in [9.17, 15) is 14.4 Å². The molecule has 2 fully saturated rings. The number of nitrogens with zero attached hydrogens (tertiary/aromatic N) is 2. The van der Waals surface area contributed by atoms with Gasteiger partial charge in [0.1, 0.15) is 5.60 Å². The minimum atomic E-state index is -0.568. The topological polar surface area (TPSA) is 79.0 Å². The van der Waals surface area contributed by atoms with Crippen molar-refractivity contribution in [2.24, 2.45) is 5.92 Å². The summed E-state index contributed by atoms with van der Waals surface area (Å²) in [5, 5.41) is 2.67. The van der Waals surface area contributed by atoms with Gasteiger partial charge in [0.05, 0.1) is 0 Å². The van der Waals surface area contributed by atoms with E-state index in [4.69, 9.17) is 4.74 Å². The Morgan fingerprint density at radius 3 is 2.07 bits per heavy atom. The lowest BCUT2D eigenvalue weighted by Gasteiger charge is -2.35. The average Bonchev–Trinajstić information content (AvgIpc) is 2.72. The standard InChI is InChI=1S/C23H33N3O4/c1-23(2,3)30-22(29)24-19-9-7-17(8-10-19)20(27)26-15-11-18(12-16-26)21(28)25-13-5-4-6-14-25/h7-10,18H,4-6,11-16H2,1-3H3,(H,24,29). The van der Waals surface area contributed by atoms with Crippen LogP contribution >= 0.6 is 0 Å². The van der Waals surface area contributed by atoms with Crippen molar-refractivity contribution in [1.29, 1.82) is 0 Å². The SMILES string of the molecule is CC(C)(C)OC(=O)Nc1ccc(C(=O)N2CCC(C(=O)N3CCCCC3)CC2)cc1. The average molecular weight is 416 g/mol. The van der Waals surface area contributed by atoms with E-state index in [-0.39, 0.29) is 17.7 Å². The van der Waals surface area contributed by atoms with Crippen molar-refractivity contribution in [3.05, 3.63) is 29.8 Å². The highest BCUT2D eigenvalue weighted by Crippen LogP contribution is 2.23. The first-order valence-electron chi connectivity index (χ1n) is 10.9. The summed E-state index contributed by atoms with van der Waals surface area (Å²) in [6.07, 6.45) is 4.33. The van der Waals surface area contributed by atoms with Gasteiger partial charge in [-0.2, -0.15) is 0 Å². The smallest absolute Gasteiger partial charge is 0.412 e. The molecule has 1 aromatic carbocycles. The van der Waals surface area contributed by atoms with Crippen molar-refractivity contribution >= 4 is 23.6 Å². The van der Waals surface area contributed by atoms with Gasteiger partial charge in [-0.05, 0) is 77.1 Å². The number of hydrogen-bond donors (Lipinski definition) is 1. The fourth-order valence-electron chi connectivity index (χ4n) is 4.00. The van der Waals surface area contributed by atoms with Crippen LogP contribution in [0, 0.1) is 5.92 Å². The molecule has 2 aliphatic heterocycles. The van der Waals surface area contributed by atoms with Crippen LogP contribution < -0.4 is 5.32 Å². The first-order chi connectivity index (χ1) is 14.2. The molecule has 0 bridgehead atoms. The molecule has 7 nitrogen and oxygen atoms in total. The van der Waals surface area contributed by atoms with Gasteiger partial charge in [0.25, 0.3) is 5.91 Å². The Labute approximate surface area is 178 Å². The first-order valence-corrected chi connectivity index (χ1v) is 10.9. The fraction of sp³-hybridized carbons (Fsp3) is 0.609. The van der Waals surface area contributed by atoms with E-state index in [0.29, 0.717) is 24.3 Å². The lowest BCUT2D eigenvalue weighted by molar-refractivity contribution is -0.137. The summed E-state index contributed by atoms with van der Waals surface area (Å²) < 4.78 is 5.23. The quantitative estimate of drug-likeness (QED) is 0.812. The molecule has 3 rings (SSSR count). The van der Waals surface area contributed by atoms with Crippen molar-refractivity contribution in [3.8, 4) is 0 Å². The largest absolute Gasteiger partial charge is 0.444 e. The molecule has 3 amide bonds. The maximum atomic E-state index is 12.8. The number of ether oxygens (including phenoxy) is 1. The van der Waals surface area contributed by atoms with Crippen molar-refractivity contribution in [2.75, 3.05) is 31.5 Å². The van der Waals surface area contributed by atoms with E-state index in [1.165, 1.54) is 6.42 Å². The normalized spacial score (nSPS) is 18.1. The summed E-state index contributed by atoms with van der Waals surface area (Å²) >= 11 is 0. The Kier molecular flexibility index (Phi) is 7.00. The molecular weight excluding hydrogens is 382 g/mol. The van der Waals surface area contributed by atoms with Crippen molar-refractivity contribution < 1.29 is 19.1 Å². The van der Waals surface area contributed by atoms with Gasteiger partial charge in [0.2, 0.25) is 5.91 Å². The Bertz CT molecular complexity index is 756. The zero-order valence-corrected chi connectivity index (χ0v) is 18.3. The summed E-state index contributed by atoms with van der Waals surface area (Å²) in [5.41, 5.74) is 0.582. The minimum absolute atomic E-state index is 0.0348. The Morgan fingerprint density at radius 1 is 0.900 bits per heavy atom. The van der Waals surface area contributed by atoms with Crippen LogP contribution in [0.4, 0.5) is 10.5 Å². The van der Waals surface area contributed by atoms with Crippen molar-refractivity contribution in [2.45, 2.75) is 58.5 Å². The van der Waals surface area contributed by atoms with Crippen LogP contribution in [0.1, 0.15) is 63.2 Å². The molecule has 0 atom stereocenters. The van der Waals surface area contributed by atoms with Gasteiger partial charge in [-0.25, -0.2) is 4.79 Å². The molecule has 0 aromatic heterocycles. The highest BCUT2D eigenvalue weighted by molar-refractivity contribution is 5.95. The third-order valence-corrected chi connectivity index (χ3v) is 5.58. The summed E-state index contributed by atoms with van der Waals surface area (Å²) in [7, 11) is 0. The maximum absolute atomic E-state index is 12.8. The number of rotatable bonds is 3. The Hall–Kier alpha value is -2.57. The molecule has 30 heavy (non-hydrogen) atoms. The summed E-state index contributed by atoms with van der Waals surface area (Å²) in [5.74, 6) is 0.259. The Morgan fingerprint density at radius 2 is 1.50 bits per heavy atom. The number of benzene rings is 1. The third-order valence-electron chi connectivity index (χ3n) is 5.58. The summed E-state index contributed by atoms with van der Waals surface area (Å²) in [6, 6.07) is 6.81. The third kappa shape index (κ3) is 5.97. The maximum Gasteiger partial charge on any atom is 0.412 e. The highest BCUT2D eigenvalue weighted by Gasteiger charge is 2.31. The van der Waals surface area contributed by atoms with Crippen LogP contribution in [0.15, 0.2) is 24.3 Å². The van der Waals surface area contributed by atoms with E-state index < -0.39 is 11.7 Å². The second-order valence-corrected chi connectivity index (χ2v) is 9.16. The van der Waals surface area contributed by atoms with E-state index in [2.05, 4.69) is 5.32 Å². The predicted octanol–water partition coefficient (Wildman–Crippen LogP) is 3.90. The highest BCUT2D eigenvalue weighted by atomic mass is 16.6. The van der Waals surface area contributed by atoms with Gasteiger partial charge in [-0.1, -0.05) is 0 Å². The molecule has 0 radical (unpaired) electrons. The predicted molar refractivity (Wildman–Crippen MR) is 115 cm³/mol. The molecule has 2 saturated heterocycles. The second-order valence-electron chi connectivity index (χ2n) is 9.16. The Balaban J connectivity index is 1.50. The van der Waals surface area contributed by atoms with Gasteiger partial charge < -0.3 is 14.5 Å². The van der Waals surface area contributed by atoms with Crippen LogP contribution in [-0.2, 0) is 9.53 Å². The molecule has 0 saturated carbocycles. The number of nitrogens with one attached hydrogen (secondary N) is 1. The summed E-state index contributed by atoms with van der Waals surface area (Å²) in [4.78, 5) is 41.2. The van der Waals surface area contributed by atoms with Gasteiger partial charge in [0.15, 0.2) is 0 Å². The van der Waals surface area contributed by atoms with E-state index >= 15 is 0 Å². The van der Waals surface area contributed by atoms with Gasteiger partial charge >= 0.3 is 6.09 Å². The van der Waals surface area contributed by atoms with Crippen LogP contribution in [0.2, 0.25) is 0 Å². The lowest BCUT2D eigenvalue weighted by atomic mass is 9.94. The van der Waals surface area contributed by atoms with Gasteiger partial charge in [-0.3, -0.25) is 14.9 Å². The zero-order valence-electron chi connectivity index (χ0n) is 18.3. The molecule has 0 spiro atoms. The molecule has 7 heteroatoms. The first kappa shape index (κ1) is 22.1. The number of likely N-dealkylation sites (tertiary alicyclic amines) is 2. The number of carbonyl (C=O) groups is 3. The second kappa shape index (κ2) is 9.49. The van der Waals surface area contributed by atoms with Gasteiger partial charge in [-0.15, -0.1) is 0 Å². The number of carbonyl (C=O) groups excluding carboxylic acids is 3. The van der Waals surface area contributed by atoms with E-state index in [0.717, 1.165) is 38.8 Å². The summed E-state index contributed by atoms with van der Waals surface area (Å²) in [6.45, 7) is 8.36. The molecule has 0 aliphatic carbocycles.